The summed E-state index contributed by atoms with van der Waals surface area (Å²) in [6, 6.07) is 0.518. The van der Waals surface area contributed by atoms with Crippen molar-refractivity contribution in [3.8, 4) is 0 Å². The maximum Gasteiger partial charge on any atom is 0.163 e. The summed E-state index contributed by atoms with van der Waals surface area (Å²) in [4.78, 5) is 0. The summed E-state index contributed by atoms with van der Waals surface area (Å²) in [5.41, 5.74) is 6.08. The second-order valence-corrected chi connectivity index (χ2v) is 6.01. The Kier molecular flexibility index (Phi) is 2.25. The molecule has 0 aliphatic heterocycles. The Morgan fingerprint density at radius 1 is 1.43 bits per heavy atom. The van der Waals surface area contributed by atoms with Crippen molar-refractivity contribution < 1.29 is 0 Å². The van der Waals surface area contributed by atoms with Gasteiger partial charge in [0.05, 0.1) is 0 Å². The van der Waals surface area contributed by atoms with Crippen LogP contribution in [0.1, 0.15) is 33.6 Å². The first-order valence-corrected chi connectivity index (χ1v) is 5.89. The number of rotatable bonds is 1. The number of nitrogens with two attached hydrogens (primary N) is 1. The molecule has 0 aromatic rings. The third-order valence-corrected chi connectivity index (χ3v) is 4.80. The third-order valence-electron chi connectivity index (χ3n) is 4.68. The van der Waals surface area contributed by atoms with E-state index in [1.165, 1.54) is 12.8 Å². The molecule has 0 amide bonds. The lowest BCUT2D eigenvalue weighted by Crippen LogP contribution is -2.61. The predicted octanol–water partition coefficient (Wildman–Crippen LogP) is 1.89. The highest BCUT2D eigenvalue weighted by atomic mass is 32.1. The quantitative estimate of drug-likeness (QED) is 0.652. The molecule has 3 saturated carbocycles. The Morgan fingerprint density at radius 3 is 2.50 bits per heavy atom. The largest absolute Gasteiger partial charge is 0.376 e. The fourth-order valence-corrected chi connectivity index (χ4v) is 3.67. The van der Waals surface area contributed by atoms with Crippen LogP contribution in [0.15, 0.2) is 0 Å². The molecule has 0 radical (unpaired) electrons. The maximum absolute atomic E-state index is 5.53. The first kappa shape index (κ1) is 10.2. The van der Waals surface area contributed by atoms with Gasteiger partial charge in [0.1, 0.15) is 0 Å². The van der Waals surface area contributed by atoms with Crippen LogP contribution in [-0.4, -0.2) is 11.2 Å². The lowest BCUT2D eigenvalue weighted by atomic mass is 9.45. The first-order chi connectivity index (χ1) is 6.43. The Hall–Kier alpha value is -0.310. The van der Waals surface area contributed by atoms with Crippen molar-refractivity contribution in [2.24, 2.45) is 28.9 Å². The molecule has 0 spiro atoms. The summed E-state index contributed by atoms with van der Waals surface area (Å²) in [5.74, 6) is 2.43. The van der Waals surface area contributed by atoms with E-state index in [4.69, 9.17) is 18.0 Å². The number of thiocarbonyl (C=S) groups is 1. The molecule has 0 unspecified atom stereocenters. The molecule has 3 aliphatic rings. The Morgan fingerprint density at radius 2 is 2.07 bits per heavy atom. The van der Waals surface area contributed by atoms with E-state index in [2.05, 4.69) is 26.1 Å². The predicted molar refractivity (Wildman–Crippen MR) is 62.9 cm³/mol. The SMILES string of the molecule is C[C@@H]1[C@H]2C[C@@H](C[C@H]1NC(N)=S)C2(C)C. The highest BCUT2D eigenvalue weighted by molar-refractivity contribution is 7.80. The standard InChI is InChI=1S/C11H20N2S/c1-6-8-4-7(11(8,2)3)5-9(6)13-10(12)14/h6-9H,4-5H2,1-3H3,(H3,12,13,14)/t6-,7+,8-,9-/m1/s1. The third kappa shape index (κ3) is 1.33. The first-order valence-electron chi connectivity index (χ1n) is 5.49. The van der Waals surface area contributed by atoms with Crippen LogP contribution in [0.2, 0.25) is 0 Å². The smallest absolute Gasteiger partial charge is 0.163 e. The molecule has 3 fully saturated rings. The molecule has 14 heavy (non-hydrogen) atoms. The van der Waals surface area contributed by atoms with E-state index in [0.717, 1.165) is 11.8 Å². The topological polar surface area (TPSA) is 38.0 Å². The van der Waals surface area contributed by atoms with Gasteiger partial charge in [0.15, 0.2) is 5.11 Å². The molecule has 4 atom stereocenters. The van der Waals surface area contributed by atoms with Gasteiger partial charge in [-0.2, -0.15) is 0 Å². The highest BCUT2D eigenvalue weighted by Crippen LogP contribution is 2.61. The second kappa shape index (κ2) is 3.09. The fraction of sp³-hybridized carbons (Fsp3) is 0.909. The van der Waals surface area contributed by atoms with Crippen LogP contribution in [-0.2, 0) is 0 Å². The van der Waals surface area contributed by atoms with Gasteiger partial charge >= 0.3 is 0 Å². The van der Waals surface area contributed by atoms with Gasteiger partial charge in [-0.15, -0.1) is 0 Å². The van der Waals surface area contributed by atoms with Gasteiger partial charge in [-0.3, -0.25) is 0 Å². The van der Waals surface area contributed by atoms with E-state index in [-0.39, 0.29) is 0 Å². The summed E-state index contributed by atoms with van der Waals surface area (Å²) < 4.78 is 0. The van der Waals surface area contributed by atoms with Crippen LogP contribution in [0.25, 0.3) is 0 Å². The van der Waals surface area contributed by atoms with Crippen molar-refractivity contribution in [3.05, 3.63) is 0 Å². The molecule has 0 saturated heterocycles. The zero-order valence-electron chi connectivity index (χ0n) is 9.21. The molecular weight excluding hydrogens is 192 g/mol. The van der Waals surface area contributed by atoms with Gasteiger partial charge in [0.2, 0.25) is 0 Å². The van der Waals surface area contributed by atoms with Crippen molar-refractivity contribution >= 4 is 17.3 Å². The van der Waals surface area contributed by atoms with Crippen LogP contribution < -0.4 is 11.1 Å². The van der Waals surface area contributed by atoms with Gasteiger partial charge < -0.3 is 11.1 Å². The van der Waals surface area contributed by atoms with Crippen molar-refractivity contribution in [2.45, 2.75) is 39.7 Å². The number of hydrogen-bond acceptors (Lipinski definition) is 1. The minimum atomic E-state index is 0.459. The molecular formula is C11H20N2S. The number of hydrogen-bond donors (Lipinski definition) is 2. The van der Waals surface area contributed by atoms with E-state index < -0.39 is 0 Å². The van der Waals surface area contributed by atoms with Gasteiger partial charge in [-0.25, -0.2) is 0 Å². The number of fused-ring (bicyclic) bond motifs is 2. The molecule has 3 rings (SSSR count). The van der Waals surface area contributed by atoms with E-state index in [0.29, 0.717) is 22.5 Å². The zero-order chi connectivity index (χ0) is 10.5. The highest BCUT2D eigenvalue weighted by Gasteiger charge is 2.56. The van der Waals surface area contributed by atoms with Gasteiger partial charge in [0.25, 0.3) is 0 Å². The summed E-state index contributed by atoms with van der Waals surface area (Å²) in [7, 11) is 0. The van der Waals surface area contributed by atoms with Crippen LogP contribution >= 0.6 is 12.2 Å². The molecule has 3 N–H and O–H groups in total. The van der Waals surface area contributed by atoms with E-state index in [9.17, 15) is 0 Å². The van der Waals surface area contributed by atoms with Crippen LogP contribution in [0, 0.1) is 23.2 Å². The molecule has 3 heteroatoms. The fourth-order valence-electron chi connectivity index (χ4n) is 3.52. The molecule has 3 aliphatic carbocycles. The van der Waals surface area contributed by atoms with Crippen molar-refractivity contribution in [2.75, 3.05) is 0 Å². The zero-order valence-corrected chi connectivity index (χ0v) is 10.0. The van der Waals surface area contributed by atoms with E-state index in [1.54, 1.807) is 0 Å². The molecule has 0 heterocycles. The summed E-state index contributed by atoms with van der Waals surface area (Å²) in [6.07, 6.45) is 2.64. The van der Waals surface area contributed by atoms with E-state index >= 15 is 0 Å². The van der Waals surface area contributed by atoms with Crippen LogP contribution in [0.5, 0.6) is 0 Å². The Balaban J connectivity index is 2.04. The van der Waals surface area contributed by atoms with E-state index in [1.807, 2.05) is 0 Å². The molecule has 0 aromatic heterocycles. The van der Waals surface area contributed by atoms with Crippen molar-refractivity contribution in [3.63, 3.8) is 0 Å². The van der Waals surface area contributed by atoms with Gasteiger partial charge in [0, 0.05) is 6.04 Å². The lowest BCUT2D eigenvalue weighted by Gasteiger charge is -2.62. The lowest BCUT2D eigenvalue weighted by molar-refractivity contribution is -0.112. The van der Waals surface area contributed by atoms with Crippen molar-refractivity contribution in [1.82, 2.24) is 5.32 Å². The normalized spacial score (nSPS) is 43.9. The molecule has 80 valence electrons. The summed E-state index contributed by atoms with van der Waals surface area (Å²) >= 11 is 4.91. The minimum Gasteiger partial charge on any atom is -0.376 e. The minimum absolute atomic E-state index is 0.459. The van der Waals surface area contributed by atoms with Crippen molar-refractivity contribution in [1.29, 1.82) is 0 Å². The van der Waals surface area contributed by atoms with Gasteiger partial charge in [-0.05, 0) is 48.2 Å². The Labute approximate surface area is 91.6 Å². The average Bonchev–Trinajstić information content (AvgIpc) is 2.06. The summed E-state index contributed by atoms with van der Waals surface area (Å²) in [5, 5.41) is 3.70. The molecule has 0 aromatic carbocycles. The average molecular weight is 212 g/mol. The van der Waals surface area contributed by atoms with Gasteiger partial charge in [-0.1, -0.05) is 20.8 Å². The van der Waals surface area contributed by atoms with Crippen LogP contribution in [0.3, 0.4) is 0 Å². The maximum atomic E-state index is 5.53. The van der Waals surface area contributed by atoms with Crippen LogP contribution in [0.4, 0.5) is 0 Å². The summed E-state index contributed by atoms with van der Waals surface area (Å²) in [6.45, 7) is 7.14. The molecule has 2 nitrogen and oxygen atoms in total. The Bertz CT molecular complexity index is 262. The number of nitrogens with one attached hydrogen (secondary N) is 1. The second-order valence-electron chi connectivity index (χ2n) is 5.57. The monoisotopic (exact) mass is 212 g/mol. The molecule has 2 bridgehead atoms.